The molecule has 1 amide bonds. The number of hydrogen-bond donors (Lipinski definition) is 0. The van der Waals surface area contributed by atoms with Crippen molar-refractivity contribution in [3.05, 3.63) is 46.3 Å². The first-order valence-corrected chi connectivity index (χ1v) is 7.63. The number of ether oxygens (including phenoxy) is 1. The van der Waals surface area contributed by atoms with Gasteiger partial charge < -0.3 is 14.1 Å². The number of carbonyl (C=O) groups excluding carboxylic acids is 2. The van der Waals surface area contributed by atoms with Crippen molar-refractivity contribution in [3.8, 4) is 0 Å². The molecule has 1 fully saturated rings. The Morgan fingerprint density at radius 3 is 2.65 bits per heavy atom. The van der Waals surface area contributed by atoms with Crippen LogP contribution < -0.4 is 5.63 Å². The van der Waals surface area contributed by atoms with Crippen LogP contribution in [0.1, 0.15) is 29.6 Å². The minimum absolute atomic E-state index is 0.199. The number of esters is 1. The van der Waals surface area contributed by atoms with Crippen LogP contribution in [-0.2, 0) is 9.53 Å². The number of para-hydroxylation sites is 1. The molecule has 0 aliphatic carbocycles. The van der Waals surface area contributed by atoms with E-state index in [2.05, 4.69) is 0 Å². The van der Waals surface area contributed by atoms with Gasteiger partial charge in [0.1, 0.15) is 11.1 Å². The molecular weight excluding hydrogens is 298 g/mol. The minimum Gasteiger partial charge on any atom is -0.452 e. The Balaban J connectivity index is 1.69. The van der Waals surface area contributed by atoms with E-state index in [1.54, 1.807) is 29.2 Å². The molecular formula is C17H17NO5. The molecule has 0 atom stereocenters. The molecule has 1 aliphatic heterocycles. The van der Waals surface area contributed by atoms with Crippen LogP contribution in [0.2, 0.25) is 0 Å². The third-order valence-electron chi connectivity index (χ3n) is 3.90. The minimum atomic E-state index is -0.838. The van der Waals surface area contributed by atoms with Crippen LogP contribution in [0.4, 0.5) is 0 Å². The van der Waals surface area contributed by atoms with E-state index in [4.69, 9.17) is 9.15 Å². The Hall–Kier alpha value is -2.63. The normalized spacial score (nSPS) is 14.7. The van der Waals surface area contributed by atoms with Gasteiger partial charge in [0.2, 0.25) is 0 Å². The zero-order valence-corrected chi connectivity index (χ0v) is 12.6. The molecule has 0 N–H and O–H groups in total. The summed E-state index contributed by atoms with van der Waals surface area (Å²) in [6.45, 7) is 1.02. The fourth-order valence-electron chi connectivity index (χ4n) is 2.64. The molecule has 0 unspecified atom stereocenters. The summed E-state index contributed by atoms with van der Waals surface area (Å²) in [5.41, 5.74) is -0.562. The second-order valence-electron chi connectivity index (χ2n) is 5.50. The van der Waals surface area contributed by atoms with Crippen molar-refractivity contribution in [3.63, 3.8) is 0 Å². The number of hydrogen-bond acceptors (Lipinski definition) is 5. The van der Waals surface area contributed by atoms with Gasteiger partial charge in [0.15, 0.2) is 6.61 Å². The van der Waals surface area contributed by atoms with Crippen molar-refractivity contribution in [1.82, 2.24) is 4.90 Å². The van der Waals surface area contributed by atoms with E-state index in [1.165, 1.54) is 6.07 Å². The lowest BCUT2D eigenvalue weighted by atomic mass is 10.1. The average Bonchev–Trinajstić information content (AvgIpc) is 2.59. The summed E-state index contributed by atoms with van der Waals surface area (Å²) in [5, 5.41) is 0.626. The Bertz CT molecular complexity index is 789. The molecule has 2 heterocycles. The maximum absolute atomic E-state index is 12.0. The van der Waals surface area contributed by atoms with E-state index in [-0.39, 0.29) is 18.1 Å². The van der Waals surface area contributed by atoms with Crippen LogP contribution in [0, 0.1) is 0 Å². The largest absolute Gasteiger partial charge is 0.452 e. The standard InChI is InChI=1S/C17H17NO5/c19-15(18-8-4-1-5-9-18)11-22-16(20)13-10-12-6-2-3-7-14(12)23-17(13)21/h2-3,6-7,10H,1,4-5,8-9,11H2. The summed E-state index contributed by atoms with van der Waals surface area (Å²) >= 11 is 0. The summed E-state index contributed by atoms with van der Waals surface area (Å²) in [4.78, 5) is 37.6. The summed E-state index contributed by atoms with van der Waals surface area (Å²) in [6.07, 6.45) is 3.05. The molecule has 1 aromatic carbocycles. The van der Waals surface area contributed by atoms with Crippen LogP contribution in [0.5, 0.6) is 0 Å². The number of benzene rings is 1. The molecule has 1 saturated heterocycles. The summed E-state index contributed by atoms with van der Waals surface area (Å²) < 4.78 is 10.1. The van der Waals surface area contributed by atoms with Crippen molar-refractivity contribution in [2.24, 2.45) is 0 Å². The molecule has 1 aliphatic rings. The topological polar surface area (TPSA) is 76.8 Å². The first kappa shape index (κ1) is 15.3. The van der Waals surface area contributed by atoms with E-state index in [0.717, 1.165) is 19.3 Å². The smallest absolute Gasteiger partial charge is 0.351 e. The number of likely N-dealkylation sites (tertiary alicyclic amines) is 1. The monoisotopic (exact) mass is 315 g/mol. The molecule has 0 bridgehead atoms. The van der Waals surface area contributed by atoms with Gasteiger partial charge in [-0.3, -0.25) is 4.79 Å². The lowest BCUT2D eigenvalue weighted by Gasteiger charge is -2.26. The SMILES string of the molecule is O=C(OCC(=O)N1CCCCC1)c1cc2ccccc2oc1=O. The van der Waals surface area contributed by atoms with Crippen LogP contribution in [0.15, 0.2) is 39.5 Å². The summed E-state index contributed by atoms with van der Waals surface area (Å²) in [5.74, 6) is -1.07. The molecule has 2 aromatic rings. The lowest BCUT2D eigenvalue weighted by molar-refractivity contribution is -0.135. The van der Waals surface area contributed by atoms with Crippen molar-refractivity contribution >= 4 is 22.8 Å². The van der Waals surface area contributed by atoms with Gasteiger partial charge in [-0.25, -0.2) is 9.59 Å². The Morgan fingerprint density at radius 2 is 1.87 bits per heavy atom. The fraction of sp³-hybridized carbons (Fsp3) is 0.353. The van der Waals surface area contributed by atoms with Crippen LogP contribution in [0.25, 0.3) is 11.0 Å². The number of piperidine rings is 1. The maximum Gasteiger partial charge on any atom is 0.351 e. The highest BCUT2D eigenvalue weighted by molar-refractivity contribution is 5.94. The van der Waals surface area contributed by atoms with E-state index in [1.807, 2.05) is 0 Å². The van der Waals surface area contributed by atoms with E-state index in [0.29, 0.717) is 24.1 Å². The molecule has 23 heavy (non-hydrogen) atoms. The van der Waals surface area contributed by atoms with Gasteiger partial charge >= 0.3 is 11.6 Å². The third-order valence-corrected chi connectivity index (χ3v) is 3.90. The molecule has 3 rings (SSSR count). The van der Waals surface area contributed by atoms with E-state index >= 15 is 0 Å². The van der Waals surface area contributed by atoms with Crippen molar-refractivity contribution in [2.75, 3.05) is 19.7 Å². The second-order valence-corrected chi connectivity index (χ2v) is 5.50. The Morgan fingerprint density at radius 1 is 1.13 bits per heavy atom. The molecule has 0 saturated carbocycles. The van der Waals surface area contributed by atoms with Crippen molar-refractivity contribution in [2.45, 2.75) is 19.3 Å². The first-order valence-electron chi connectivity index (χ1n) is 7.63. The number of nitrogens with zero attached hydrogens (tertiary/aromatic N) is 1. The summed E-state index contributed by atoms with van der Waals surface area (Å²) in [6, 6.07) is 8.31. The van der Waals surface area contributed by atoms with Gasteiger partial charge in [0, 0.05) is 18.5 Å². The molecule has 120 valence electrons. The third kappa shape index (κ3) is 3.41. The first-order chi connectivity index (χ1) is 11.1. The molecule has 0 spiro atoms. The van der Waals surface area contributed by atoms with Crippen LogP contribution in [0.3, 0.4) is 0 Å². The van der Waals surface area contributed by atoms with Crippen molar-refractivity contribution < 1.29 is 18.7 Å². The summed E-state index contributed by atoms with van der Waals surface area (Å²) in [7, 11) is 0. The zero-order chi connectivity index (χ0) is 16.2. The molecule has 6 nitrogen and oxygen atoms in total. The van der Waals surface area contributed by atoms with E-state index < -0.39 is 11.6 Å². The predicted molar refractivity (Wildman–Crippen MR) is 83.2 cm³/mol. The Labute approximate surface area is 132 Å². The van der Waals surface area contributed by atoms with Gasteiger partial charge in [-0.05, 0) is 31.4 Å². The lowest BCUT2D eigenvalue weighted by Crippen LogP contribution is -2.38. The second kappa shape index (κ2) is 6.64. The average molecular weight is 315 g/mol. The zero-order valence-electron chi connectivity index (χ0n) is 12.6. The molecule has 1 aromatic heterocycles. The molecule has 6 heteroatoms. The van der Waals surface area contributed by atoms with Gasteiger partial charge in [0.25, 0.3) is 5.91 Å². The van der Waals surface area contributed by atoms with Gasteiger partial charge in [-0.15, -0.1) is 0 Å². The fourth-order valence-corrected chi connectivity index (χ4v) is 2.64. The van der Waals surface area contributed by atoms with Gasteiger partial charge in [-0.2, -0.15) is 0 Å². The number of rotatable bonds is 3. The van der Waals surface area contributed by atoms with Crippen LogP contribution in [-0.4, -0.2) is 36.5 Å². The van der Waals surface area contributed by atoms with Gasteiger partial charge in [-0.1, -0.05) is 18.2 Å². The Kier molecular flexibility index (Phi) is 4.41. The quantitative estimate of drug-likeness (QED) is 0.639. The predicted octanol–water partition coefficient (Wildman–Crippen LogP) is 1.96. The highest BCUT2D eigenvalue weighted by Crippen LogP contribution is 2.13. The van der Waals surface area contributed by atoms with Crippen molar-refractivity contribution in [1.29, 1.82) is 0 Å². The highest BCUT2D eigenvalue weighted by Gasteiger charge is 2.20. The maximum atomic E-state index is 12.0. The van der Waals surface area contributed by atoms with Gasteiger partial charge in [0.05, 0.1) is 0 Å². The number of carbonyl (C=O) groups is 2. The highest BCUT2D eigenvalue weighted by atomic mass is 16.5. The number of fused-ring (bicyclic) bond motifs is 1. The molecule has 0 radical (unpaired) electrons. The number of amides is 1. The van der Waals surface area contributed by atoms with E-state index in [9.17, 15) is 14.4 Å². The van der Waals surface area contributed by atoms with Crippen LogP contribution >= 0.6 is 0 Å².